The number of rotatable bonds is 5. The Bertz CT molecular complexity index is 1320. The largest absolute Gasteiger partial charge is 0.493 e. The van der Waals surface area contributed by atoms with E-state index >= 15 is 0 Å². The standard InChI is InChI=1S/C23H26FN7O2/c1-13-25-22-20(32-2)12-18(29-31(22)28-13)14-10-17(24)21-19(11-14)33-23(27-21)26-15-6-8-30(9-7-15)16-4-3-5-16/h10-12,15-16H,3-9H2,1-2H3,(H,26,27). The lowest BCUT2D eigenvalue weighted by atomic mass is 9.89. The maximum atomic E-state index is 15.0. The topological polar surface area (TPSA) is 93.6 Å². The molecule has 1 N–H and O–H groups in total. The number of halogens is 1. The first-order chi connectivity index (χ1) is 16.1. The Morgan fingerprint density at radius 1 is 1.09 bits per heavy atom. The highest BCUT2D eigenvalue weighted by Gasteiger charge is 2.29. The first-order valence-corrected chi connectivity index (χ1v) is 11.5. The third-order valence-corrected chi connectivity index (χ3v) is 6.80. The molecule has 1 aliphatic carbocycles. The van der Waals surface area contributed by atoms with Crippen molar-refractivity contribution >= 4 is 22.8 Å². The van der Waals surface area contributed by atoms with Crippen LogP contribution in [-0.4, -0.2) is 62.0 Å². The molecule has 9 nitrogen and oxygen atoms in total. The van der Waals surface area contributed by atoms with E-state index in [4.69, 9.17) is 9.15 Å². The molecule has 6 rings (SSSR count). The summed E-state index contributed by atoms with van der Waals surface area (Å²) in [5.74, 6) is 0.619. The number of anilines is 1. The molecule has 0 amide bonds. The zero-order valence-electron chi connectivity index (χ0n) is 18.7. The van der Waals surface area contributed by atoms with Crippen LogP contribution in [0.2, 0.25) is 0 Å². The van der Waals surface area contributed by atoms with Gasteiger partial charge in [-0.2, -0.15) is 4.98 Å². The summed E-state index contributed by atoms with van der Waals surface area (Å²) in [4.78, 5) is 11.3. The van der Waals surface area contributed by atoms with Crippen molar-refractivity contribution in [2.45, 2.75) is 51.1 Å². The summed E-state index contributed by atoms with van der Waals surface area (Å²) >= 11 is 0. The Hall–Kier alpha value is -3.27. The second-order valence-corrected chi connectivity index (χ2v) is 8.93. The number of piperidine rings is 1. The van der Waals surface area contributed by atoms with Gasteiger partial charge in [-0.15, -0.1) is 14.8 Å². The van der Waals surface area contributed by atoms with Gasteiger partial charge in [-0.25, -0.2) is 9.37 Å². The molecular weight excluding hydrogens is 425 g/mol. The van der Waals surface area contributed by atoms with Crippen molar-refractivity contribution in [3.05, 3.63) is 29.8 Å². The minimum absolute atomic E-state index is 0.206. The highest BCUT2D eigenvalue weighted by Crippen LogP contribution is 2.32. The van der Waals surface area contributed by atoms with Crippen LogP contribution >= 0.6 is 0 Å². The van der Waals surface area contributed by atoms with E-state index in [1.54, 1.807) is 26.2 Å². The van der Waals surface area contributed by atoms with Crippen LogP contribution in [0.4, 0.5) is 10.4 Å². The fourth-order valence-electron chi connectivity index (χ4n) is 4.77. The van der Waals surface area contributed by atoms with E-state index in [1.807, 2.05) is 0 Å². The third kappa shape index (κ3) is 3.68. The van der Waals surface area contributed by atoms with Gasteiger partial charge in [0.1, 0.15) is 5.52 Å². The van der Waals surface area contributed by atoms with Crippen molar-refractivity contribution in [1.82, 2.24) is 29.7 Å². The first-order valence-electron chi connectivity index (χ1n) is 11.5. The van der Waals surface area contributed by atoms with Gasteiger partial charge in [0.05, 0.1) is 12.8 Å². The van der Waals surface area contributed by atoms with Crippen molar-refractivity contribution in [1.29, 1.82) is 0 Å². The smallest absolute Gasteiger partial charge is 0.296 e. The summed E-state index contributed by atoms with van der Waals surface area (Å²) in [6, 6.07) is 6.28. The molecule has 1 saturated heterocycles. The lowest BCUT2D eigenvalue weighted by molar-refractivity contribution is 0.101. The second-order valence-electron chi connectivity index (χ2n) is 8.93. The molecule has 3 aromatic heterocycles. The molecule has 2 fully saturated rings. The van der Waals surface area contributed by atoms with E-state index in [2.05, 4.69) is 30.4 Å². The van der Waals surface area contributed by atoms with Crippen molar-refractivity contribution in [3.63, 3.8) is 0 Å². The Morgan fingerprint density at radius 3 is 2.64 bits per heavy atom. The Morgan fingerprint density at radius 2 is 1.91 bits per heavy atom. The van der Waals surface area contributed by atoms with Gasteiger partial charge in [0, 0.05) is 36.8 Å². The van der Waals surface area contributed by atoms with Crippen LogP contribution in [-0.2, 0) is 0 Å². The summed E-state index contributed by atoms with van der Waals surface area (Å²) in [5.41, 5.74) is 2.13. The van der Waals surface area contributed by atoms with Crippen LogP contribution in [0.1, 0.15) is 37.9 Å². The summed E-state index contributed by atoms with van der Waals surface area (Å²) in [7, 11) is 1.55. The number of likely N-dealkylation sites (tertiary alicyclic amines) is 1. The van der Waals surface area contributed by atoms with E-state index in [0.29, 0.717) is 40.1 Å². The summed E-state index contributed by atoms with van der Waals surface area (Å²) in [5, 5.41) is 12.1. The van der Waals surface area contributed by atoms with Gasteiger partial charge >= 0.3 is 0 Å². The SMILES string of the molecule is COc1cc(-c2cc(F)c3nc(NC4CCN(C5CCC5)CC4)oc3c2)nn2nc(C)nc12. The summed E-state index contributed by atoms with van der Waals surface area (Å²) in [6.07, 6.45) is 6.08. The predicted octanol–water partition coefficient (Wildman–Crippen LogP) is 3.82. The molecule has 1 saturated carbocycles. The van der Waals surface area contributed by atoms with Crippen LogP contribution in [0.3, 0.4) is 0 Å². The second kappa shape index (κ2) is 7.95. The number of hydrogen-bond donors (Lipinski definition) is 1. The van der Waals surface area contributed by atoms with E-state index in [0.717, 1.165) is 32.0 Å². The van der Waals surface area contributed by atoms with Crippen LogP contribution in [0.15, 0.2) is 22.6 Å². The fraction of sp³-hybridized carbons (Fsp3) is 0.478. The molecule has 0 atom stereocenters. The number of aromatic nitrogens is 5. The van der Waals surface area contributed by atoms with Crippen molar-refractivity contribution in [2.75, 3.05) is 25.5 Å². The number of methoxy groups -OCH3 is 1. The predicted molar refractivity (Wildman–Crippen MR) is 121 cm³/mol. The maximum absolute atomic E-state index is 15.0. The van der Waals surface area contributed by atoms with Gasteiger partial charge in [-0.3, -0.25) is 0 Å². The third-order valence-electron chi connectivity index (χ3n) is 6.80. The van der Waals surface area contributed by atoms with E-state index < -0.39 is 5.82 Å². The van der Waals surface area contributed by atoms with Crippen LogP contribution in [0.5, 0.6) is 5.75 Å². The van der Waals surface area contributed by atoms with Crippen LogP contribution < -0.4 is 10.1 Å². The number of ether oxygens (including phenoxy) is 1. The molecule has 172 valence electrons. The highest BCUT2D eigenvalue weighted by molar-refractivity contribution is 5.81. The van der Waals surface area contributed by atoms with Crippen LogP contribution in [0.25, 0.3) is 28.0 Å². The normalized spacial score (nSPS) is 18.2. The lowest BCUT2D eigenvalue weighted by Gasteiger charge is -2.41. The molecule has 33 heavy (non-hydrogen) atoms. The van der Waals surface area contributed by atoms with E-state index in [-0.39, 0.29) is 11.6 Å². The van der Waals surface area contributed by atoms with Gasteiger partial charge in [-0.05, 0) is 44.7 Å². The highest BCUT2D eigenvalue weighted by atomic mass is 19.1. The number of nitrogens with zero attached hydrogens (tertiary/aromatic N) is 6. The quantitative estimate of drug-likeness (QED) is 0.490. The number of aryl methyl sites for hydroxylation is 1. The van der Waals surface area contributed by atoms with E-state index in [9.17, 15) is 4.39 Å². The Balaban J connectivity index is 1.26. The average Bonchev–Trinajstić information content (AvgIpc) is 3.35. The number of nitrogens with one attached hydrogen (secondary N) is 1. The molecule has 10 heteroatoms. The van der Waals surface area contributed by atoms with Crippen molar-refractivity contribution < 1.29 is 13.5 Å². The minimum atomic E-state index is -0.463. The van der Waals surface area contributed by atoms with Gasteiger partial charge in [0.25, 0.3) is 6.01 Å². The minimum Gasteiger partial charge on any atom is -0.493 e. The van der Waals surface area contributed by atoms with Gasteiger partial charge in [-0.1, -0.05) is 6.42 Å². The summed E-state index contributed by atoms with van der Waals surface area (Å²) in [6.45, 7) is 3.94. The molecular formula is C23H26FN7O2. The molecule has 1 aromatic carbocycles. The monoisotopic (exact) mass is 451 g/mol. The lowest BCUT2D eigenvalue weighted by Crippen LogP contribution is -2.47. The Labute approximate surface area is 189 Å². The molecule has 0 unspecified atom stereocenters. The molecule has 4 aromatic rings. The molecule has 1 aliphatic heterocycles. The zero-order valence-corrected chi connectivity index (χ0v) is 18.7. The molecule has 2 aliphatic rings. The molecule has 0 radical (unpaired) electrons. The first kappa shape index (κ1) is 20.3. The Kier molecular flexibility index (Phi) is 4.90. The summed E-state index contributed by atoms with van der Waals surface area (Å²) < 4.78 is 27.7. The van der Waals surface area contributed by atoms with E-state index in [1.165, 1.54) is 30.0 Å². The zero-order chi connectivity index (χ0) is 22.5. The van der Waals surface area contributed by atoms with Crippen LogP contribution in [0, 0.1) is 12.7 Å². The molecule has 0 bridgehead atoms. The van der Waals surface area contributed by atoms with Gasteiger partial charge in [0.2, 0.25) is 5.65 Å². The van der Waals surface area contributed by atoms with Crippen molar-refractivity contribution in [3.8, 4) is 17.0 Å². The molecule has 4 heterocycles. The average molecular weight is 452 g/mol. The number of hydrogen-bond acceptors (Lipinski definition) is 8. The number of oxazole rings is 1. The number of benzene rings is 1. The number of fused-ring (bicyclic) bond motifs is 2. The fourth-order valence-corrected chi connectivity index (χ4v) is 4.77. The van der Waals surface area contributed by atoms with Crippen molar-refractivity contribution in [2.24, 2.45) is 0 Å². The van der Waals surface area contributed by atoms with Gasteiger partial charge in [0.15, 0.2) is 23.0 Å². The maximum Gasteiger partial charge on any atom is 0.296 e. The van der Waals surface area contributed by atoms with Gasteiger partial charge < -0.3 is 19.4 Å². The molecule has 0 spiro atoms.